The minimum Gasteiger partial charge on any atom is -0.481 e. The molecule has 1 aliphatic heterocycles. The Hall–Kier alpha value is -1.22. The highest BCUT2D eigenvalue weighted by Crippen LogP contribution is 2.39. The summed E-state index contributed by atoms with van der Waals surface area (Å²) in [6.45, 7) is 13.2. The van der Waals surface area contributed by atoms with Crippen molar-refractivity contribution >= 4 is 11.9 Å². The molecular weight excluding hydrogens is 739 g/mol. The van der Waals surface area contributed by atoms with E-state index in [1.165, 1.54) is 77.0 Å². The summed E-state index contributed by atoms with van der Waals surface area (Å²) in [7, 11) is 0. The number of carbonyl (C=O) groups is 2. The van der Waals surface area contributed by atoms with Crippen molar-refractivity contribution in [3.63, 3.8) is 0 Å². The van der Waals surface area contributed by atoms with Crippen LogP contribution in [0.4, 0.5) is 0 Å². The Balaban J connectivity index is 2.69. The lowest BCUT2D eigenvalue weighted by Crippen LogP contribution is -2.32. The number of nitrogens with zero attached hydrogens (tertiary/aromatic N) is 1. The Kier molecular flexibility index (Phi) is 35.3. The third-order valence-corrected chi connectivity index (χ3v) is 13.6. The Morgan fingerprint density at radius 2 is 0.729 bits per heavy atom. The maximum Gasteiger partial charge on any atom is 0.309 e. The molecule has 0 saturated carbocycles. The van der Waals surface area contributed by atoms with Gasteiger partial charge in [0.2, 0.25) is 0 Å². The molecular formula is C51H99NO7. The minimum atomic E-state index is -0.585. The topological polar surface area (TPSA) is 117 Å². The monoisotopic (exact) mass is 838 g/mol. The average molecular weight is 838 g/mol. The van der Waals surface area contributed by atoms with E-state index in [1.807, 2.05) is 0 Å². The van der Waals surface area contributed by atoms with Gasteiger partial charge in [0, 0.05) is 32.9 Å². The highest BCUT2D eigenvalue weighted by Gasteiger charge is 2.38. The number of ether oxygens (including phenoxy) is 2. The maximum atomic E-state index is 12.8. The van der Waals surface area contributed by atoms with Crippen LogP contribution in [0.5, 0.6) is 0 Å². The van der Waals surface area contributed by atoms with Crippen LogP contribution in [-0.2, 0) is 19.1 Å². The predicted octanol–water partition coefficient (Wildman–Crippen LogP) is 13.9. The van der Waals surface area contributed by atoms with E-state index in [9.17, 15) is 24.9 Å². The lowest BCUT2D eigenvalue weighted by molar-refractivity contribution is -0.151. The minimum absolute atomic E-state index is 0.0253. The summed E-state index contributed by atoms with van der Waals surface area (Å²) in [5.74, 6) is -1.17. The first-order chi connectivity index (χ1) is 28.7. The van der Waals surface area contributed by atoms with E-state index in [-0.39, 0.29) is 18.8 Å². The number of hydrogen-bond acceptors (Lipinski definition) is 6. The van der Waals surface area contributed by atoms with Crippen molar-refractivity contribution in [1.29, 1.82) is 0 Å². The van der Waals surface area contributed by atoms with Crippen LogP contribution in [-0.4, -0.2) is 83.8 Å². The van der Waals surface area contributed by atoms with Crippen LogP contribution in [0.15, 0.2) is 0 Å². The number of rotatable bonds is 45. The SMILES string of the molecule is CCCCCCCCC(CCCCCC)(CCCCCO[C@H]1CN(CCCCCO)C[C@H]1OCCCCCC(CCCCCC)(CCCCCCCC)C(=O)O)C(=O)O. The Morgan fingerprint density at radius 1 is 0.441 bits per heavy atom. The fraction of sp³-hybridized carbons (Fsp3) is 0.961. The fourth-order valence-corrected chi connectivity index (χ4v) is 9.56. The molecule has 0 aromatic rings. The summed E-state index contributed by atoms with van der Waals surface area (Å²) in [6.07, 6.45) is 36.7. The molecule has 0 aromatic carbocycles. The molecule has 0 aromatic heterocycles. The Bertz CT molecular complexity index is 910. The van der Waals surface area contributed by atoms with Crippen molar-refractivity contribution in [3.8, 4) is 0 Å². The second-order valence-electron chi connectivity index (χ2n) is 18.8. The number of unbranched alkanes of at least 4 members (excludes halogenated alkanes) is 22. The zero-order valence-corrected chi connectivity index (χ0v) is 39.6. The first-order valence-corrected chi connectivity index (χ1v) is 25.8. The number of aliphatic carboxylic acids is 2. The summed E-state index contributed by atoms with van der Waals surface area (Å²) in [6, 6.07) is 0. The average Bonchev–Trinajstić information content (AvgIpc) is 3.62. The normalized spacial score (nSPS) is 18.0. The molecule has 1 fully saturated rings. The van der Waals surface area contributed by atoms with Crippen LogP contribution in [0.2, 0.25) is 0 Å². The van der Waals surface area contributed by atoms with Crippen LogP contribution >= 0.6 is 0 Å². The molecule has 2 unspecified atom stereocenters. The maximum absolute atomic E-state index is 12.8. The van der Waals surface area contributed by atoms with E-state index < -0.39 is 22.8 Å². The van der Waals surface area contributed by atoms with Gasteiger partial charge in [0.05, 0.1) is 23.0 Å². The summed E-state index contributed by atoms with van der Waals surface area (Å²) in [4.78, 5) is 28.0. The van der Waals surface area contributed by atoms with Gasteiger partial charge < -0.3 is 24.8 Å². The second kappa shape index (κ2) is 37.3. The van der Waals surface area contributed by atoms with Crippen LogP contribution in [0.3, 0.4) is 0 Å². The molecule has 0 radical (unpaired) electrons. The number of carboxylic acids is 2. The third-order valence-electron chi connectivity index (χ3n) is 13.6. The van der Waals surface area contributed by atoms with Crippen LogP contribution in [0.25, 0.3) is 0 Å². The summed E-state index contributed by atoms with van der Waals surface area (Å²) in [5.41, 5.74) is -1.17. The standard InChI is InChI=1S/C51H99NO7/c1-5-9-13-17-19-26-36-50(48(54)55,34-24-15-11-7-3)38-28-21-32-42-58-46-44-52(40-30-23-31-41-53)45-47(46)59-43-33-22-29-39-51(49(56)57,35-25-16-12-8-4)37-27-20-18-14-10-6-2/h46-47,53H,5-45H2,1-4H3,(H,54,55)(H,56,57)/t46-,47+,50?,51?. The largest absolute Gasteiger partial charge is 0.481 e. The highest BCUT2D eigenvalue weighted by atomic mass is 16.5. The second-order valence-corrected chi connectivity index (χ2v) is 18.8. The number of likely N-dealkylation sites (tertiary alicyclic amines) is 1. The van der Waals surface area contributed by atoms with Gasteiger partial charge in [-0.15, -0.1) is 0 Å². The molecule has 0 aliphatic carbocycles. The van der Waals surface area contributed by atoms with Crippen molar-refractivity contribution in [1.82, 2.24) is 4.90 Å². The summed E-state index contributed by atoms with van der Waals surface area (Å²) < 4.78 is 13.1. The van der Waals surface area contributed by atoms with Gasteiger partial charge in [0.25, 0.3) is 0 Å². The quantitative estimate of drug-likeness (QED) is 0.0519. The lowest BCUT2D eigenvalue weighted by Gasteiger charge is -2.30. The van der Waals surface area contributed by atoms with Crippen molar-refractivity contribution in [3.05, 3.63) is 0 Å². The van der Waals surface area contributed by atoms with Gasteiger partial charge in [-0.1, -0.05) is 182 Å². The molecule has 1 heterocycles. The summed E-state index contributed by atoms with van der Waals surface area (Å²) in [5, 5.41) is 30.3. The van der Waals surface area contributed by atoms with E-state index in [0.717, 1.165) is 167 Å². The molecule has 1 rings (SSSR count). The van der Waals surface area contributed by atoms with Gasteiger partial charge in [-0.2, -0.15) is 0 Å². The molecule has 3 N–H and O–H groups in total. The van der Waals surface area contributed by atoms with Crippen LogP contribution in [0, 0.1) is 10.8 Å². The molecule has 1 aliphatic rings. The molecule has 0 amide bonds. The van der Waals surface area contributed by atoms with Crippen molar-refractivity contribution in [2.75, 3.05) is 39.5 Å². The molecule has 4 atom stereocenters. The van der Waals surface area contributed by atoms with E-state index >= 15 is 0 Å². The number of hydrogen-bond donors (Lipinski definition) is 3. The number of aliphatic hydroxyl groups is 1. The van der Waals surface area contributed by atoms with E-state index in [1.54, 1.807) is 0 Å². The summed E-state index contributed by atoms with van der Waals surface area (Å²) >= 11 is 0. The van der Waals surface area contributed by atoms with Gasteiger partial charge in [-0.25, -0.2) is 0 Å². The zero-order chi connectivity index (χ0) is 43.3. The number of carboxylic acid groups (broad SMARTS) is 2. The van der Waals surface area contributed by atoms with Gasteiger partial charge >= 0.3 is 11.9 Å². The third kappa shape index (κ3) is 26.1. The first-order valence-electron chi connectivity index (χ1n) is 25.8. The first kappa shape index (κ1) is 55.8. The lowest BCUT2D eigenvalue weighted by atomic mass is 9.74. The Labute approximate surface area is 365 Å². The molecule has 350 valence electrons. The number of aliphatic hydroxyl groups excluding tert-OH is 1. The Morgan fingerprint density at radius 3 is 1.05 bits per heavy atom. The van der Waals surface area contributed by atoms with Crippen molar-refractivity contribution in [2.24, 2.45) is 10.8 Å². The molecule has 0 bridgehead atoms. The van der Waals surface area contributed by atoms with Gasteiger partial charge in [-0.3, -0.25) is 14.5 Å². The molecule has 59 heavy (non-hydrogen) atoms. The molecule has 0 spiro atoms. The smallest absolute Gasteiger partial charge is 0.309 e. The molecule has 1 saturated heterocycles. The molecule has 8 nitrogen and oxygen atoms in total. The zero-order valence-electron chi connectivity index (χ0n) is 39.6. The van der Waals surface area contributed by atoms with E-state index in [4.69, 9.17) is 9.47 Å². The van der Waals surface area contributed by atoms with Gasteiger partial charge in [0.1, 0.15) is 0 Å². The molecule has 8 heteroatoms. The van der Waals surface area contributed by atoms with Gasteiger partial charge in [0.15, 0.2) is 0 Å². The van der Waals surface area contributed by atoms with Crippen LogP contribution in [0.1, 0.15) is 252 Å². The van der Waals surface area contributed by atoms with Crippen molar-refractivity contribution < 1.29 is 34.4 Å². The van der Waals surface area contributed by atoms with E-state index in [0.29, 0.717) is 13.2 Å². The van der Waals surface area contributed by atoms with Crippen molar-refractivity contribution in [2.45, 2.75) is 265 Å². The highest BCUT2D eigenvalue weighted by molar-refractivity contribution is 5.75. The van der Waals surface area contributed by atoms with Crippen LogP contribution < -0.4 is 0 Å². The van der Waals surface area contributed by atoms with E-state index in [2.05, 4.69) is 32.6 Å². The fourth-order valence-electron chi connectivity index (χ4n) is 9.56. The predicted molar refractivity (Wildman–Crippen MR) is 247 cm³/mol. The van der Waals surface area contributed by atoms with Gasteiger partial charge in [-0.05, 0) is 77.2 Å².